The van der Waals surface area contributed by atoms with E-state index in [1.807, 2.05) is 43.4 Å². The van der Waals surface area contributed by atoms with Crippen molar-refractivity contribution in [3.05, 3.63) is 53.9 Å². The van der Waals surface area contributed by atoms with Crippen LogP contribution in [-0.4, -0.2) is 35.7 Å². The number of methoxy groups -OCH3 is 1. The molecule has 0 fully saturated rings. The smallest absolute Gasteiger partial charge is 0.226 e. The van der Waals surface area contributed by atoms with E-state index < -0.39 is 0 Å². The van der Waals surface area contributed by atoms with Gasteiger partial charge in [0.1, 0.15) is 23.9 Å². The van der Waals surface area contributed by atoms with Crippen LogP contribution >= 0.6 is 0 Å². The van der Waals surface area contributed by atoms with Gasteiger partial charge in [-0.3, -0.25) is 4.79 Å². The Morgan fingerprint density at radius 3 is 3.00 bits per heavy atom. The number of hydrogen-bond donors (Lipinski definition) is 1. The van der Waals surface area contributed by atoms with Crippen LogP contribution in [0.2, 0.25) is 0 Å². The normalized spacial score (nSPS) is 15.7. The molecule has 1 aliphatic heterocycles. The maximum absolute atomic E-state index is 12.5. The number of nitrogens with one attached hydrogen (secondary N) is 1. The first-order valence-corrected chi connectivity index (χ1v) is 9.63. The molecule has 146 valence electrons. The Kier molecular flexibility index (Phi) is 5.19. The number of ether oxygens (including phenoxy) is 2. The van der Waals surface area contributed by atoms with Crippen molar-refractivity contribution in [2.75, 3.05) is 20.3 Å². The van der Waals surface area contributed by atoms with E-state index in [1.54, 1.807) is 7.11 Å². The topological polar surface area (TPSA) is 65.4 Å². The Morgan fingerprint density at radius 1 is 1.32 bits per heavy atom. The van der Waals surface area contributed by atoms with Crippen molar-refractivity contribution in [1.82, 2.24) is 14.9 Å². The van der Waals surface area contributed by atoms with Gasteiger partial charge in [-0.25, -0.2) is 4.98 Å². The molecule has 1 unspecified atom stereocenters. The second-order valence-corrected chi connectivity index (χ2v) is 7.16. The maximum atomic E-state index is 12.5. The first-order valence-electron chi connectivity index (χ1n) is 9.63. The van der Waals surface area contributed by atoms with Crippen LogP contribution in [-0.2, 0) is 24.7 Å². The number of rotatable bonds is 6. The van der Waals surface area contributed by atoms with Gasteiger partial charge in [0.2, 0.25) is 5.91 Å². The molecule has 3 aromatic rings. The fourth-order valence-electron chi connectivity index (χ4n) is 3.67. The maximum Gasteiger partial charge on any atom is 0.226 e. The van der Waals surface area contributed by atoms with E-state index in [4.69, 9.17) is 9.47 Å². The molecule has 6 nitrogen and oxygen atoms in total. The summed E-state index contributed by atoms with van der Waals surface area (Å²) in [6.07, 6.45) is 2.37. The molecule has 1 N–H and O–H groups in total. The van der Waals surface area contributed by atoms with Gasteiger partial charge in [0, 0.05) is 26.1 Å². The molecule has 0 aliphatic carbocycles. The summed E-state index contributed by atoms with van der Waals surface area (Å²) < 4.78 is 13.1. The summed E-state index contributed by atoms with van der Waals surface area (Å²) in [5.74, 6) is 2.51. The first-order chi connectivity index (χ1) is 13.7. The van der Waals surface area contributed by atoms with Gasteiger partial charge in [-0.1, -0.05) is 18.2 Å². The van der Waals surface area contributed by atoms with Crippen LogP contribution in [0.3, 0.4) is 0 Å². The average Bonchev–Trinajstić information content (AvgIpc) is 3.06. The number of aryl methyl sites for hydroxylation is 2. The Morgan fingerprint density at radius 2 is 2.18 bits per heavy atom. The van der Waals surface area contributed by atoms with Gasteiger partial charge in [-0.15, -0.1) is 0 Å². The zero-order chi connectivity index (χ0) is 19.5. The van der Waals surface area contributed by atoms with Gasteiger partial charge in [0.15, 0.2) is 0 Å². The summed E-state index contributed by atoms with van der Waals surface area (Å²) >= 11 is 0. The van der Waals surface area contributed by atoms with Gasteiger partial charge < -0.3 is 19.4 Å². The lowest BCUT2D eigenvalue weighted by atomic mass is 9.96. The van der Waals surface area contributed by atoms with E-state index in [0.29, 0.717) is 19.6 Å². The highest BCUT2D eigenvalue weighted by Gasteiger charge is 2.26. The molecule has 0 saturated carbocycles. The minimum Gasteiger partial charge on any atom is -0.497 e. The Balaban J connectivity index is 1.28. The third-order valence-electron chi connectivity index (χ3n) is 5.31. The number of amides is 1. The number of para-hydroxylation sites is 2. The van der Waals surface area contributed by atoms with Crippen molar-refractivity contribution in [2.45, 2.75) is 19.3 Å². The second kappa shape index (κ2) is 7.92. The SMILES string of the molecule is COc1ccc2c(c1)OCC(C(=O)NCCCc1nc3ccccc3n1C)C2. The van der Waals surface area contributed by atoms with E-state index in [1.165, 1.54) is 0 Å². The van der Waals surface area contributed by atoms with Crippen molar-refractivity contribution in [3.63, 3.8) is 0 Å². The highest BCUT2D eigenvalue weighted by atomic mass is 16.5. The zero-order valence-corrected chi connectivity index (χ0v) is 16.3. The number of benzene rings is 2. The van der Waals surface area contributed by atoms with E-state index in [0.717, 1.165) is 46.8 Å². The lowest BCUT2D eigenvalue weighted by molar-refractivity contribution is -0.126. The average molecular weight is 379 g/mol. The van der Waals surface area contributed by atoms with Crippen LogP contribution in [0.4, 0.5) is 0 Å². The minimum atomic E-state index is -0.156. The van der Waals surface area contributed by atoms with Crippen LogP contribution in [0, 0.1) is 5.92 Å². The summed E-state index contributed by atoms with van der Waals surface area (Å²) in [5, 5.41) is 3.05. The molecule has 1 aromatic heterocycles. The molecule has 2 heterocycles. The third kappa shape index (κ3) is 3.67. The summed E-state index contributed by atoms with van der Waals surface area (Å²) in [6, 6.07) is 13.9. The van der Waals surface area contributed by atoms with E-state index in [-0.39, 0.29) is 11.8 Å². The van der Waals surface area contributed by atoms with Crippen LogP contribution in [0.25, 0.3) is 11.0 Å². The van der Waals surface area contributed by atoms with Gasteiger partial charge in [-0.05, 0) is 36.6 Å². The van der Waals surface area contributed by atoms with Crippen molar-refractivity contribution in [2.24, 2.45) is 13.0 Å². The van der Waals surface area contributed by atoms with Crippen molar-refractivity contribution in [1.29, 1.82) is 0 Å². The molecular formula is C22H25N3O3. The van der Waals surface area contributed by atoms with Crippen molar-refractivity contribution < 1.29 is 14.3 Å². The zero-order valence-electron chi connectivity index (χ0n) is 16.3. The lowest BCUT2D eigenvalue weighted by Crippen LogP contribution is -2.37. The predicted octanol–water partition coefficient (Wildman–Crippen LogP) is 2.88. The summed E-state index contributed by atoms with van der Waals surface area (Å²) in [6.45, 7) is 1.03. The van der Waals surface area contributed by atoms with Crippen molar-refractivity contribution >= 4 is 16.9 Å². The number of imidazole rings is 1. The summed E-state index contributed by atoms with van der Waals surface area (Å²) in [5.41, 5.74) is 3.20. The Bertz CT molecular complexity index is 996. The standard InChI is InChI=1S/C22H25N3O3/c1-25-19-7-4-3-6-18(19)24-21(25)8-5-11-23-22(26)16-12-15-9-10-17(27-2)13-20(15)28-14-16/h3-4,6-7,9-10,13,16H,5,8,11-12,14H2,1-2H3,(H,23,26). The van der Waals surface area contributed by atoms with Crippen LogP contribution < -0.4 is 14.8 Å². The summed E-state index contributed by atoms with van der Waals surface area (Å²) in [7, 11) is 3.67. The number of hydrogen-bond acceptors (Lipinski definition) is 4. The fraction of sp³-hybridized carbons (Fsp3) is 0.364. The second-order valence-electron chi connectivity index (χ2n) is 7.16. The molecule has 1 atom stereocenters. The van der Waals surface area contributed by atoms with E-state index in [2.05, 4.69) is 20.9 Å². The predicted molar refractivity (Wildman–Crippen MR) is 108 cm³/mol. The van der Waals surface area contributed by atoms with E-state index in [9.17, 15) is 4.79 Å². The first kappa shape index (κ1) is 18.3. The fourth-order valence-corrected chi connectivity index (χ4v) is 3.67. The molecule has 0 saturated heterocycles. The third-order valence-corrected chi connectivity index (χ3v) is 5.31. The van der Waals surface area contributed by atoms with Gasteiger partial charge in [0.05, 0.1) is 24.1 Å². The van der Waals surface area contributed by atoms with Crippen LogP contribution in [0.1, 0.15) is 17.8 Å². The number of fused-ring (bicyclic) bond motifs is 2. The number of carbonyl (C=O) groups is 1. The molecule has 1 amide bonds. The highest BCUT2D eigenvalue weighted by Crippen LogP contribution is 2.31. The monoisotopic (exact) mass is 379 g/mol. The molecule has 0 radical (unpaired) electrons. The molecule has 1 aliphatic rings. The molecular weight excluding hydrogens is 354 g/mol. The number of aromatic nitrogens is 2. The minimum absolute atomic E-state index is 0.0477. The number of nitrogens with zero attached hydrogens (tertiary/aromatic N) is 2. The Hall–Kier alpha value is -3.02. The largest absolute Gasteiger partial charge is 0.497 e. The van der Waals surface area contributed by atoms with Crippen molar-refractivity contribution in [3.8, 4) is 11.5 Å². The Labute approximate surface area is 164 Å². The quantitative estimate of drug-likeness (QED) is 0.669. The molecule has 28 heavy (non-hydrogen) atoms. The highest BCUT2D eigenvalue weighted by molar-refractivity contribution is 5.79. The van der Waals surface area contributed by atoms with Crippen LogP contribution in [0.5, 0.6) is 11.5 Å². The van der Waals surface area contributed by atoms with Gasteiger partial charge >= 0.3 is 0 Å². The molecule has 2 aromatic carbocycles. The van der Waals surface area contributed by atoms with Gasteiger partial charge in [0.25, 0.3) is 0 Å². The number of carbonyl (C=O) groups excluding carboxylic acids is 1. The molecule has 0 spiro atoms. The molecule has 6 heteroatoms. The van der Waals surface area contributed by atoms with E-state index >= 15 is 0 Å². The molecule has 4 rings (SSSR count). The van der Waals surface area contributed by atoms with Crippen LogP contribution in [0.15, 0.2) is 42.5 Å². The molecule has 0 bridgehead atoms. The lowest BCUT2D eigenvalue weighted by Gasteiger charge is -2.25. The van der Waals surface area contributed by atoms with Gasteiger partial charge in [-0.2, -0.15) is 0 Å². The summed E-state index contributed by atoms with van der Waals surface area (Å²) in [4.78, 5) is 17.2.